The summed E-state index contributed by atoms with van der Waals surface area (Å²) in [5.74, 6) is 3.52. The average Bonchev–Trinajstić information content (AvgIpc) is 2.55. The molecule has 1 N–H and O–H groups in total. The number of likely N-dealkylation sites (N-methyl/N-ethyl adjacent to an activating group) is 1. The summed E-state index contributed by atoms with van der Waals surface area (Å²) in [5, 5.41) is 3.26. The van der Waals surface area contributed by atoms with Gasteiger partial charge < -0.3 is 5.32 Å². The highest BCUT2D eigenvalue weighted by atomic mass is 32.2. The van der Waals surface area contributed by atoms with Crippen LogP contribution in [0.3, 0.4) is 0 Å². The summed E-state index contributed by atoms with van der Waals surface area (Å²) in [7, 11) is 2.02. The summed E-state index contributed by atoms with van der Waals surface area (Å²) in [6, 6.07) is 0.538. The van der Waals surface area contributed by atoms with E-state index in [0.717, 1.165) is 5.92 Å². The van der Waals surface area contributed by atoms with Crippen molar-refractivity contribution >= 4 is 11.8 Å². The molecular formula is C10H19NS. The monoisotopic (exact) mass is 185 g/mol. The van der Waals surface area contributed by atoms with Crippen LogP contribution < -0.4 is 5.32 Å². The lowest BCUT2D eigenvalue weighted by molar-refractivity contribution is 0.666. The molecule has 12 heavy (non-hydrogen) atoms. The number of rotatable bonds is 3. The Labute approximate surface area is 80.0 Å². The quantitative estimate of drug-likeness (QED) is 0.677. The van der Waals surface area contributed by atoms with Crippen LogP contribution in [0.4, 0.5) is 0 Å². The highest BCUT2D eigenvalue weighted by Gasteiger charge is 2.13. The highest BCUT2D eigenvalue weighted by Crippen LogP contribution is 2.25. The lowest BCUT2D eigenvalue weighted by Gasteiger charge is -2.12. The normalized spacial score (nSPS) is 27.6. The van der Waals surface area contributed by atoms with E-state index in [9.17, 15) is 0 Å². The maximum absolute atomic E-state index is 3.26. The van der Waals surface area contributed by atoms with Crippen molar-refractivity contribution in [2.75, 3.05) is 18.6 Å². The van der Waals surface area contributed by atoms with Gasteiger partial charge in [0.2, 0.25) is 0 Å². The van der Waals surface area contributed by atoms with E-state index >= 15 is 0 Å². The fourth-order valence-corrected chi connectivity index (χ4v) is 2.63. The molecule has 1 heterocycles. The topological polar surface area (TPSA) is 12.0 Å². The molecule has 0 spiro atoms. The molecule has 1 rings (SSSR count). The molecular weight excluding hydrogens is 166 g/mol. The van der Waals surface area contributed by atoms with Crippen molar-refractivity contribution in [2.45, 2.75) is 26.3 Å². The minimum absolute atomic E-state index is 0.538. The van der Waals surface area contributed by atoms with E-state index in [1.54, 1.807) is 0 Å². The van der Waals surface area contributed by atoms with Gasteiger partial charge in [-0.3, -0.25) is 0 Å². The highest BCUT2D eigenvalue weighted by molar-refractivity contribution is 7.99. The molecule has 0 radical (unpaired) electrons. The van der Waals surface area contributed by atoms with Crippen LogP contribution in [0, 0.1) is 5.92 Å². The first-order valence-electron chi connectivity index (χ1n) is 4.67. The molecule has 1 saturated heterocycles. The first-order valence-corrected chi connectivity index (χ1v) is 5.83. The van der Waals surface area contributed by atoms with Crippen LogP contribution in [0.2, 0.25) is 0 Å². The van der Waals surface area contributed by atoms with E-state index in [1.165, 1.54) is 23.5 Å². The van der Waals surface area contributed by atoms with Crippen molar-refractivity contribution in [3.05, 3.63) is 11.6 Å². The number of allylic oxidation sites excluding steroid dienone is 1. The number of hydrogen-bond donors (Lipinski definition) is 1. The van der Waals surface area contributed by atoms with Crippen LogP contribution in [0.1, 0.15) is 20.3 Å². The van der Waals surface area contributed by atoms with Crippen molar-refractivity contribution in [3.8, 4) is 0 Å². The third kappa shape index (κ3) is 2.83. The minimum Gasteiger partial charge on any atom is -0.314 e. The van der Waals surface area contributed by atoms with Gasteiger partial charge in [0.1, 0.15) is 0 Å². The van der Waals surface area contributed by atoms with Crippen LogP contribution in [-0.2, 0) is 0 Å². The van der Waals surface area contributed by atoms with E-state index < -0.39 is 0 Å². The van der Waals surface area contributed by atoms with Gasteiger partial charge in [-0.1, -0.05) is 11.6 Å². The van der Waals surface area contributed by atoms with Crippen molar-refractivity contribution in [1.82, 2.24) is 5.32 Å². The van der Waals surface area contributed by atoms with Gasteiger partial charge >= 0.3 is 0 Å². The SMILES string of the molecule is CNC(C)/C(C)=C/C1CCSC1. The Hall–Kier alpha value is 0.0500. The summed E-state index contributed by atoms with van der Waals surface area (Å²) in [6.07, 6.45) is 3.82. The number of nitrogens with one attached hydrogen (secondary N) is 1. The van der Waals surface area contributed by atoms with Crippen LogP contribution in [0.25, 0.3) is 0 Å². The predicted molar refractivity (Wildman–Crippen MR) is 57.7 cm³/mol. The maximum atomic E-state index is 3.26. The van der Waals surface area contributed by atoms with Gasteiger partial charge in [0.15, 0.2) is 0 Å². The van der Waals surface area contributed by atoms with Crippen LogP contribution in [0.15, 0.2) is 11.6 Å². The Morgan fingerprint density at radius 3 is 2.92 bits per heavy atom. The summed E-state index contributed by atoms with van der Waals surface area (Å²) < 4.78 is 0. The second-order valence-electron chi connectivity index (χ2n) is 3.54. The molecule has 0 amide bonds. The Kier molecular flexibility index (Phi) is 4.16. The average molecular weight is 185 g/mol. The Bertz CT molecular complexity index is 159. The van der Waals surface area contributed by atoms with Crippen LogP contribution in [0.5, 0.6) is 0 Å². The van der Waals surface area contributed by atoms with Gasteiger partial charge in [0, 0.05) is 6.04 Å². The summed E-state index contributed by atoms with van der Waals surface area (Å²) >= 11 is 2.08. The number of thioether (sulfide) groups is 1. The zero-order valence-corrected chi connectivity index (χ0v) is 9.08. The van der Waals surface area contributed by atoms with Gasteiger partial charge in [-0.2, -0.15) is 11.8 Å². The van der Waals surface area contributed by atoms with E-state index in [1.807, 2.05) is 7.05 Å². The zero-order valence-electron chi connectivity index (χ0n) is 8.26. The Morgan fingerprint density at radius 2 is 2.42 bits per heavy atom. The fraction of sp³-hybridized carbons (Fsp3) is 0.800. The second-order valence-corrected chi connectivity index (χ2v) is 4.69. The molecule has 0 aromatic rings. The minimum atomic E-state index is 0.538. The molecule has 1 fully saturated rings. The van der Waals surface area contributed by atoms with Crippen molar-refractivity contribution in [3.63, 3.8) is 0 Å². The molecule has 0 bridgehead atoms. The molecule has 1 aliphatic heterocycles. The molecule has 70 valence electrons. The van der Waals surface area contributed by atoms with Gasteiger partial charge in [-0.25, -0.2) is 0 Å². The molecule has 2 atom stereocenters. The molecule has 0 aromatic carbocycles. The van der Waals surface area contributed by atoms with Crippen molar-refractivity contribution in [2.24, 2.45) is 5.92 Å². The predicted octanol–water partition coefficient (Wildman–Crippen LogP) is 2.29. The van der Waals surface area contributed by atoms with Gasteiger partial charge in [-0.15, -0.1) is 0 Å². The molecule has 1 nitrogen and oxygen atoms in total. The molecule has 0 aromatic heterocycles. The summed E-state index contributed by atoms with van der Waals surface area (Å²) in [5.41, 5.74) is 1.49. The Morgan fingerprint density at radius 1 is 1.67 bits per heavy atom. The lowest BCUT2D eigenvalue weighted by atomic mass is 10.0. The van der Waals surface area contributed by atoms with Crippen molar-refractivity contribution < 1.29 is 0 Å². The van der Waals surface area contributed by atoms with Gasteiger partial charge in [0.25, 0.3) is 0 Å². The molecule has 1 aliphatic rings. The molecule has 0 saturated carbocycles. The largest absolute Gasteiger partial charge is 0.314 e. The van der Waals surface area contributed by atoms with E-state index in [4.69, 9.17) is 0 Å². The molecule has 2 heteroatoms. The van der Waals surface area contributed by atoms with E-state index in [0.29, 0.717) is 6.04 Å². The van der Waals surface area contributed by atoms with E-state index in [2.05, 4.69) is 37.0 Å². The van der Waals surface area contributed by atoms with Crippen molar-refractivity contribution in [1.29, 1.82) is 0 Å². The van der Waals surface area contributed by atoms with Gasteiger partial charge in [0.05, 0.1) is 0 Å². The second kappa shape index (κ2) is 4.93. The third-order valence-electron chi connectivity index (χ3n) is 2.58. The first-order chi connectivity index (χ1) is 5.74. The third-order valence-corrected chi connectivity index (χ3v) is 3.77. The summed E-state index contributed by atoms with van der Waals surface area (Å²) in [4.78, 5) is 0. The molecule has 0 aliphatic carbocycles. The zero-order chi connectivity index (χ0) is 8.97. The number of hydrogen-bond acceptors (Lipinski definition) is 2. The first kappa shape index (κ1) is 10.1. The van der Waals surface area contributed by atoms with Crippen LogP contribution >= 0.6 is 11.8 Å². The van der Waals surface area contributed by atoms with E-state index in [-0.39, 0.29) is 0 Å². The standard InChI is InChI=1S/C10H19NS/c1-8(9(2)11-3)6-10-4-5-12-7-10/h6,9-11H,4-5,7H2,1-3H3/b8-6+. The molecule has 2 unspecified atom stereocenters. The lowest BCUT2D eigenvalue weighted by Crippen LogP contribution is -2.22. The van der Waals surface area contributed by atoms with Crippen LogP contribution in [-0.4, -0.2) is 24.6 Å². The Balaban J connectivity index is 2.42. The smallest absolute Gasteiger partial charge is 0.0245 e. The fourth-order valence-electron chi connectivity index (χ4n) is 1.43. The van der Waals surface area contributed by atoms with Gasteiger partial charge in [-0.05, 0) is 44.7 Å². The summed E-state index contributed by atoms with van der Waals surface area (Å²) in [6.45, 7) is 4.44. The maximum Gasteiger partial charge on any atom is 0.0245 e.